The molecule has 0 atom stereocenters. The van der Waals surface area contributed by atoms with Gasteiger partial charge in [0.25, 0.3) is 0 Å². The largest absolute Gasteiger partial charge is 0.492 e. The van der Waals surface area contributed by atoms with Gasteiger partial charge in [-0.15, -0.1) is 0 Å². The average molecular weight is 441 g/mol. The number of hydrogen-bond acceptors (Lipinski definition) is 3. The minimum atomic E-state index is -0.279. The fraction of sp³-hybridized carbons (Fsp3) is 0.320. The van der Waals surface area contributed by atoms with E-state index in [0.29, 0.717) is 30.3 Å². The molecule has 0 unspecified atom stereocenters. The van der Waals surface area contributed by atoms with Crippen molar-refractivity contribution in [2.24, 2.45) is 5.92 Å². The fourth-order valence-electron chi connectivity index (χ4n) is 4.00. The summed E-state index contributed by atoms with van der Waals surface area (Å²) in [7, 11) is 0. The summed E-state index contributed by atoms with van der Waals surface area (Å²) in [5.41, 5.74) is 0.526. The molecule has 162 valence electrons. The summed E-state index contributed by atoms with van der Waals surface area (Å²) >= 11 is 6.13. The van der Waals surface area contributed by atoms with Crippen LogP contribution in [0.2, 0.25) is 5.02 Å². The number of halogens is 2. The van der Waals surface area contributed by atoms with Crippen molar-refractivity contribution >= 4 is 28.3 Å². The molecule has 4 nitrogen and oxygen atoms in total. The SMILES string of the molecule is O=C(NCCOc1ccc2ccccc2c1)C1CCN(Cc2c(F)cccc2Cl)CC1. The molecule has 1 N–H and O–H groups in total. The van der Waals surface area contributed by atoms with Gasteiger partial charge in [0.15, 0.2) is 0 Å². The summed E-state index contributed by atoms with van der Waals surface area (Å²) in [5, 5.41) is 5.73. The first-order valence-electron chi connectivity index (χ1n) is 10.6. The zero-order chi connectivity index (χ0) is 21.6. The number of hydrogen-bond donors (Lipinski definition) is 1. The number of carbonyl (C=O) groups excluding carboxylic acids is 1. The van der Waals surface area contributed by atoms with E-state index >= 15 is 0 Å². The van der Waals surface area contributed by atoms with Crippen LogP contribution in [0.15, 0.2) is 60.7 Å². The van der Waals surface area contributed by atoms with Gasteiger partial charge in [-0.3, -0.25) is 9.69 Å². The Labute approximate surface area is 187 Å². The van der Waals surface area contributed by atoms with Gasteiger partial charge in [0.2, 0.25) is 5.91 Å². The Hall–Kier alpha value is -2.63. The Morgan fingerprint density at radius 1 is 1.06 bits per heavy atom. The Balaban J connectivity index is 1.18. The van der Waals surface area contributed by atoms with Gasteiger partial charge in [-0.25, -0.2) is 4.39 Å². The number of carbonyl (C=O) groups is 1. The van der Waals surface area contributed by atoms with Gasteiger partial charge in [-0.1, -0.05) is 48.0 Å². The summed E-state index contributed by atoms with van der Waals surface area (Å²) in [6.45, 7) is 2.86. The highest BCUT2D eigenvalue weighted by Gasteiger charge is 2.25. The maximum absolute atomic E-state index is 14.0. The molecule has 0 saturated carbocycles. The van der Waals surface area contributed by atoms with E-state index < -0.39 is 0 Å². The monoisotopic (exact) mass is 440 g/mol. The van der Waals surface area contributed by atoms with Crippen LogP contribution in [0.4, 0.5) is 4.39 Å². The van der Waals surface area contributed by atoms with Crippen molar-refractivity contribution in [1.82, 2.24) is 10.2 Å². The fourth-order valence-corrected chi connectivity index (χ4v) is 4.23. The molecule has 0 aromatic heterocycles. The molecule has 1 fully saturated rings. The van der Waals surface area contributed by atoms with Crippen molar-refractivity contribution in [2.45, 2.75) is 19.4 Å². The van der Waals surface area contributed by atoms with E-state index in [4.69, 9.17) is 16.3 Å². The van der Waals surface area contributed by atoms with Gasteiger partial charge >= 0.3 is 0 Å². The standard InChI is InChI=1S/C25H26ClFN2O2/c26-23-6-3-7-24(27)22(23)17-29-13-10-19(11-14-29)25(30)28-12-15-31-21-9-8-18-4-1-2-5-20(18)16-21/h1-9,16,19H,10-15,17H2,(H,28,30). The van der Waals surface area contributed by atoms with Crippen LogP contribution in [-0.4, -0.2) is 37.0 Å². The number of rotatable bonds is 7. The second kappa shape index (κ2) is 10.1. The third-order valence-corrected chi connectivity index (χ3v) is 6.15. The van der Waals surface area contributed by atoms with Crippen molar-refractivity contribution in [3.8, 4) is 5.75 Å². The summed E-state index contributed by atoms with van der Waals surface area (Å²) in [6.07, 6.45) is 1.51. The number of nitrogens with one attached hydrogen (secondary N) is 1. The number of fused-ring (bicyclic) bond motifs is 1. The van der Waals surface area contributed by atoms with Crippen molar-refractivity contribution in [3.05, 3.63) is 77.1 Å². The van der Waals surface area contributed by atoms with Crippen LogP contribution in [-0.2, 0) is 11.3 Å². The van der Waals surface area contributed by atoms with Gasteiger partial charge < -0.3 is 10.1 Å². The first-order chi connectivity index (χ1) is 15.1. The van der Waals surface area contributed by atoms with Crippen molar-refractivity contribution in [3.63, 3.8) is 0 Å². The highest BCUT2D eigenvalue weighted by atomic mass is 35.5. The number of amides is 1. The van der Waals surface area contributed by atoms with Crippen molar-refractivity contribution in [1.29, 1.82) is 0 Å². The van der Waals surface area contributed by atoms with Crippen LogP contribution in [0.5, 0.6) is 5.75 Å². The minimum absolute atomic E-state index is 0.0204. The maximum atomic E-state index is 14.0. The van der Waals surface area contributed by atoms with Crippen LogP contribution < -0.4 is 10.1 Å². The number of likely N-dealkylation sites (tertiary alicyclic amines) is 1. The first kappa shape index (κ1) is 21.6. The maximum Gasteiger partial charge on any atom is 0.223 e. The van der Waals surface area contributed by atoms with Crippen molar-refractivity contribution < 1.29 is 13.9 Å². The highest BCUT2D eigenvalue weighted by molar-refractivity contribution is 6.31. The van der Waals surface area contributed by atoms with Gasteiger partial charge in [-0.2, -0.15) is 0 Å². The lowest BCUT2D eigenvalue weighted by atomic mass is 9.95. The molecule has 1 heterocycles. The van der Waals surface area contributed by atoms with E-state index in [2.05, 4.69) is 22.3 Å². The molecule has 1 aliphatic heterocycles. The van der Waals surface area contributed by atoms with Crippen LogP contribution >= 0.6 is 11.6 Å². The normalized spacial score (nSPS) is 15.2. The smallest absolute Gasteiger partial charge is 0.223 e. The van der Waals surface area contributed by atoms with E-state index in [1.54, 1.807) is 12.1 Å². The Bertz CT molecular complexity index is 1030. The highest BCUT2D eigenvalue weighted by Crippen LogP contribution is 2.24. The molecule has 6 heteroatoms. The second-order valence-corrected chi connectivity index (χ2v) is 8.31. The lowest BCUT2D eigenvalue weighted by Gasteiger charge is -2.31. The van der Waals surface area contributed by atoms with Crippen LogP contribution in [0.1, 0.15) is 18.4 Å². The summed E-state index contributed by atoms with van der Waals surface area (Å²) in [6, 6.07) is 18.9. The third-order valence-electron chi connectivity index (χ3n) is 5.79. The molecule has 0 bridgehead atoms. The van der Waals surface area contributed by atoms with Crippen LogP contribution in [0.25, 0.3) is 10.8 Å². The second-order valence-electron chi connectivity index (χ2n) is 7.90. The van der Waals surface area contributed by atoms with Gasteiger partial charge in [-0.05, 0) is 61.0 Å². The predicted octanol–water partition coefficient (Wildman–Crippen LogP) is 5.04. The Morgan fingerprint density at radius 3 is 2.61 bits per heavy atom. The molecule has 0 radical (unpaired) electrons. The molecule has 3 aromatic rings. The van der Waals surface area contributed by atoms with E-state index in [1.807, 2.05) is 30.3 Å². The van der Waals surface area contributed by atoms with E-state index in [9.17, 15) is 9.18 Å². The summed E-state index contributed by atoms with van der Waals surface area (Å²) in [4.78, 5) is 14.6. The number of ether oxygens (including phenoxy) is 1. The lowest BCUT2D eigenvalue weighted by molar-refractivity contribution is -0.126. The third kappa shape index (κ3) is 5.54. The predicted molar refractivity (Wildman–Crippen MR) is 122 cm³/mol. The van der Waals surface area contributed by atoms with Crippen LogP contribution in [0, 0.1) is 11.7 Å². The zero-order valence-electron chi connectivity index (χ0n) is 17.3. The first-order valence-corrected chi connectivity index (χ1v) is 11.0. The molecule has 31 heavy (non-hydrogen) atoms. The summed E-state index contributed by atoms with van der Waals surface area (Å²) < 4.78 is 19.8. The van der Waals surface area contributed by atoms with E-state index in [-0.39, 0.29) is 17.6 Å². The molecule has 0 spiro atoms. The zero-order valence-corrected chi connectivity index (χ0v) is 18.1. The van der Waals surface area contributed by atoms with Crippen molar-refractivity contribution in [2.75, 3.05) is 26.2 Å². The Morgan fingerprint density at radius 2 is 1.84 bits per heavy atom. The molecule has 4 rings (SSSR count). The van der Waals surface area contributed by atoms with Gasteiger partial charge in [0.05, 0.1) is 6.54 Å². The van der Waals surface area contributed by atoms with E-state index in [0.717, 1.165) is 37.1 Å². The topological polar surface area (TPSA) is 41.6 Å². The van der Waals surface area contributed by atoms with E-state index in [1.165, 1.54) is 11.5 Å². The average Bonchev–Trinajstić information content (AvgIpc) is 2.79. The van der Waals surface area contributed by atoms with Crippen LogP contribution in [0.3, 0.4) is 0 Å². The lowest BCUT2D eigenvalue weighted by Crippen LogP contribution is -2.41. The molecule has 1 amide bonds. The molecule has 3 aromatic carbocycles. The van der Waals surface area contributed by atoms with Gasteiger partial charge in [0, 0.05) is 23.0 Å². The summed E-state index contributed by atoms with van der Waals surface area (Å²) in [5.74, 6) is 0.561. The van der Waals surface area contributed by atoms with Gasteiger partial charge in [0.1, 0.15) is 18.2 Å². The quantitative estimate of drug-likeness (QED) is 0.523. The molecular weight excluding hydrogens is 415 g/mol. The minimum Gasteiger partial charge on any atom is -0.492 e. The number of piperidine rings is 1. The number of nitrogens with zero attached hydrogens (tertiary/aromatic N) is 1. The molecule has 0 aliphatic carbocycles. The molecular formula is C25H26ClFN2O2. The molecule has 1 saturated heterocycles. The Kier molecular flexibility index (Phi) is 7.05. The number of benzene rings is 3. The molecule has 1 aliphatic rings.